The molecule has 0 radical (unpaired) electrons. The lowest BCUT2D eigenvalue weighted by Gasteiger charge is -2.39. The molecule has 0 aliphatic carbocycles. The molecule has 1 aliphatic heterocycles. The average Bonchev–Trinajstić information content (AvgIpc) is 2.72. The van der Waals surface area contributed by atoms with Crippen molar-refractivity contribution in [2.24, 2.45) is 5.92 Å². The zero-order valence-corrected chi connectivity index (χ0v) is 16.6. The van der Waals surface area contributed by atoms with Gasteiger partial charge in [0.15, 0.2) is 5.82 Å². The summed E-state index contributed by atoms with van der Waals surface area (Å²) in [7, 11) is 0. The van der Waals surface area contributed by atoms with Gasteiger partial charge in [0.1, 0.15) is 11.2 Å². The summed E-state index contributed by atoms with van der Waals surface area (Å²) in [4.78, 5) is 37.7. The summed E-state index contributed by atoms with van der Waals surface area (Å²) in [5.74, 6) is -2.06. The van der Waals surface area contributed by atoms with Crippen molar-refractivity contribution >= 4 is 11.7 Å². The van der Waals surface area contributed by atoms with Crippen molar-refractivity contribution in [3.8, 4) is 11.4 Å². The minimum atomic E-state index is -5.03. The zero-order valence-electron chi connectivity index (χ0n) is 16.6. The SMILES string of the molecule is Cc1ccc(-c2ncccn2)c(C(=O)[C@@]2(CNC(=O)C(F)(F)F)CC[C@H](C)CN2)n1. The van der Waals surface area contributed by atoms with Crippen LogP contribution < -0.4 is 10.6 Å². The van der Waals surface area contributed by atoms with Gasteiger partial charge in [0, 0.05) is 30.2 Å². The molecule has 2 N–H and O–H groups in total. The molecule has 2 aromatic heterocycles. The third-order valence-electron chi connectivity index (χ3n) is 5.15. The fourth-order valence-electron chi connectivity index (χ4n) is 3.38. The standard InChI is InChI=1S/C20H22F3N5O2/c1-12-6-7-19(27-10-12,11-26-18(30)20(21,22)23)16(29)15-14(5-4-13(2)28-15)17-24-8-3-9-25-17/h3-5,8-9,12,27H,6-7,10-11H2,1-2H3,(H,26,30)/t12-,19-/m0/s1. The molecule has 1 aliphatic rings. The first-order chi connectivity index (χ1) is 14.1. The van der Waals surface area contributed by atoms with Crippen molar-refractivity contribution in [3.05, 3.63) is 42.0 Å². The maximum atomic E-state index is 13.6. The third kappa shape index (κ3) is 4.64. The normalized spacial score (nSPS) is 21.8. The van der Waals surface area contributed by atoms with E-state index < -0.39 is 30.0 Å². The Labute approximate surface area is 171 Å². The number of carbonyl (C=O) groups is 2. The summed E-state index contributed by atoms with van der Waals surface area (Å²) in [5.41, 5.74) is -0.396. The number of hydrogen-bond donors (Lipinski definition) is 2. The van der Waals surface area contributed by atoms with Gasteiger partial charge in [-0.15, -0.1) is 0 Å². The van der Waals surface area contributed by atoms with Crippen molar-refractivity contribution in [2.45, 2.75) is 38.4 Å². The summed E-state index contributed by atoms with van der Waals surface area (Å²) >= 11 is 0. The molecule has 0 unspecified atom stereocenters. The van der Waals surface area contributed by atoms with Crippen LogP contribution in [0.4, 0.5) is 13.2 Å². The van der Waals surface area contributed by atoms with E-state index in [1.165, 1.54) is 12.4 Å². The number of amides is 1. The van der Waals surface area contributed by atoms with Crippen molar-refractivity contribution < 1.29 is 22.8 Å². The van der Waals surface area contributed by atoms with Crippen LogP contribution in [0.1, 0.15) is 35.9 Å². The number of ketones is 1. The van der Waals surface area contributed by atoms with Crippen molar-refractivity contribution in [2.75, 3.05) is 13.1 Å². The van der Waals surface area contributed by atoms with Crippen molar-refractivity contribution in [3.63, 3.8) is 0 Å². The smallest absolute Gasteiger partial charge is 0.346 e. The number of halogens is 3. The molecule has 1 saturated heterocycles. The highest BCUT2D eigenvalue weighted by molar-refractivity contribution is 6.06. The molecule has 0 spiro atoms. The zero-order chi connectivity index (χ0) is 21.9. The fraction of sp³-hybridized carbons (Fsp3) is 0.450. The van der Waals surface area contributed by atoms with Gasteiger partial charge in [0.25, 0.3) is 0 Å². The highest BCUT2D eigenvalue weighted by atomic mass is 19.4. The van der Waals surface area contributed by atoms with Crippen molar-refractivity contribution in [1.82, 2.24) is 25.6 Å². The number of rotatable bonds is 5. The van der Waals surface area contributed by atoms with Crippen LogP contribution in [0.3, 0.4) is 0 Å². The maximum Gasteiger partial charge on any atom is 0.471 e. The Morgan fingerprint density at radius 3 is 2.57 bits per heavy atom. The molecule has 160 valence electrons. The van der Waals surface area contributed by atoms with E-state index in [-0.39, 0.29) is 23.9 Å². The molecule has 0 aromatic carbocycles. The predicted octanol–water partition coefficient (Wildman–Crippen LogP) is 2.47. The molecule has 0 saturated carbocycles. The quantitative estimate of drug-likeness (QED) is 0.720. The largest absolute Gasteiger partial charge is 0.471 e. The minimum Gasteiger partial charge on any atom is -0.346 e. The van der Waals surface area contributed by atoms with E-state index >= 15 is 0 Å². The molecule has 7 nitrogen and oxygen atoms in total. The summed E-state index contributed by atoms with van der Waals surface area (Å²) < 4.78 is 38.1. The van der Waals surface area contributed by atoms with Crippen LogP contribution in [0.25, 0.3) is 11.4 Å². The molecule has 30 heavy (non-hydrogen) atoms. The summed E-state index contributed by atoms with van der Waals surface area (Å²) in [5, 5.41) is 4.94. The number of Topliss-reactive ketones (excluding diaryl/α,β-unsaturated/α-hetero) is 1. The highest BCUT2D eigenvalue weighted by Gasteiger charge is 2.46. The van der Waals surface area contributed by atoms with E-state index in [2.05, 4.69) is 20.3 Å². The van der Waals surface area contributed by atoms with Gasteiger partial charge >= 0.3 is 12.1 Å². The van der Waals surface area contributed by atoms with E-state index in [9.17, 15) is 22.8 Å². The Kier molecular flexibility index (Phi) is 6.16. The van der Waals surface area contributed by atoms with Crippen LogP contribution in [0.2, 0.25) is 0 Å². The number of alkyl halides is 3. The predicted molar refractivity (Wildman–Crippen MR) is 103 cm³/mol. The summed E-state index contributed by atoms with van der Waals surface area (Å²) in [6.45, 7) is 3.61. The van der Waals surface area contributed by atoms with Crippen LogP contribution >= 0.6 is 0 Å². The Balaban J connectivity index is 2.00. The van der Waals surface area contributed by atoms with Gasteiger partial charge < -0.3 is 10.6 Å². The van der Waals surface area contributed by atoms with E-state index in [0.29, 0.717) is 24.2 Å². The second-order valence-corrected chi connectivity index (χ2v) is 7.54. The second kappa shape index (κ2) is 8.47. The Bertz CT molecular complexity index is 926. The van der Waals surface area contributed by atoms with Crippen LogP contribution in [-0.2, 0) is 4.79 Å². The molecule has 1 fully saturated rings. The molecule has 1 amide bonds. The first kappa shape index (κ1) is 21.8. The van der Waals surface area contributed by atoms with Gasteiger partial charge in [-0.3, -0.25) is 9.59 Å². The Morgan fingerprint density at radius 1 is 1.27 bits per heavy atom. The van der Waals surface area contributed by atoms with E-state index in [1.807, 2.05) is 12.2 Å². The third-order valence-corrected chi connectivity index (χ3v) is 5.15. The first-order valence-corrected chi connectivity index (χ1v) is 9.52. The van der Waals surface area contributed by atoms with E-state index in [0.717, 1.165) is 0 Å². The van der Waals surface area contributed by atoms with Gasteiger partial charge in [-0.1, -0.05) is 6.92 Å². The molecule has 10 heteroatoms. The lowest BCUT2D eigenvalue weighted by atomic mass is 9.79. The first-order valence-electron chi connectivity index (χ1n) is 9.52. The Hall–Kier alpha value is -2.88. The molecular formula is C20H22F3N5O2. The van der Waals surface area contributed by atoms with Gasteiger partial charge in [0.05, 0.1) is 0 Å². The number of nitrogens with zero attached hydrogens (tertiary/aromatic N) is 3. The summed E-state index contributed by atoms with van der Waals surface area (Å²) in [6, 6.07) is 5.00. The van der Waals surface area contributed by atoms with Crippen LogP contribution in [0.15, 0.2) is 30.6 Å². The fourth-order valence-corrected chi connectivity index (χ4v) is 3.38. The Morgan fingerprint density at radius 2 is 1.97 bits per heavy atom. The number of aromatic nitrogens is 3. The molecule has 0 bridgehead atoms. The molecule has 3 rings (SSSR count). The average molecular weight is 421 g/mol. The van der Waals surface area contributed by atoms with Crippen molar-refractivity contribution in [1.29, 1.82) is 0 Å². The number of hydrogen-bond acceptors (Lipinski definition) is 6. The minimum absolute atomic E-state index is 0.0597. The topological polar surface area (TPSA) is 96.9 Å². The van der Waals surface area contributed by atoms with Crippen LogP contribution in [0.5, 0.6) is 0 Å². The van der Waals surface area contributed by atoms with E-state index in [4.69, 9.17) is 0 Å². The lowest BCUT2D eigenvalue weighted by Crippen LogP contribution is -2.63. The van der Waals surface area contributed by atoms with Gasteiger partial charge in [-0.2, -0.15) is 13.2 Å². The monoisotopic (exact) mass is 421 g/mol. The van der Waals surface area contributed by atoms with Crippen LogP contribution in [0, 0.1) is 12.8 Å². The van der Waals surface area contributed by atoms with Gasteiger partial charge in [-0.25, -0.2) is 15.0 Å². The van der Waals surface area contributed by atoms with Gasteiger partial charge in [0.2, 0.25) is 5.78 Å². The maximum absolute atomic E-state index is 13.6. The second-order valence-electron chi connectivity index (χ2n) is 7.54. The van der Waals surface area contributed by atoms with E-state index in [1.54, 1.807) is 25.1 Å². The lowest BCUT2D eigenvalue weighted by molar-refractivity contribution is -0.173. The molecule has 2 atom stereocenters. The molecule has 2 aromatic rings. The number of piperidine rings is 1. The molecular weight excluding hydrogens is 399 g/mol. The summed E-state index contributed by atoms with van der Waals surface area (Å²) in [6.07, 6.45) is -1.11. The number of pyridine rings is 1. The van der Waals surface area contributed by atoms with Gasteiger partial charge in [-0.05, 0) is 50.4 Å². The number of nitrogens with one attached hydrogen (secondary N) is 2. The number of carbonyl (C=O) groups excluding carboxylic acids is 2. The molecule has 3 heterocycles. The highest BCUT2D eigenvalue weighted by Crippen LogP contribution is 2.30. The number of aryl methyl sites for hydroxylation is 1. The van der Waals surface area contributed by atoms with Crippen LogP contribution in [-0.4, -0.2) is 51.4 Å².